The minimum absolute atomic E-state index is 0.0189. The first-order valence-corrected chi connectivity index (χ1v) is 10.1. The van der Waals surface area contributed by atoms with Crippen LogP contribution in [0, 0.1) is 5.92 Å². The van der Waals surface area contributed by atoms with Crippen LogP contribution in [0.4, 0.5) is 5.69 Å². The summed E-state index contributed by atoms with van der Waals surface area (Å²) in [6, 6.07) is 16.4. The second-order valence-corrected chi connectivity index (χ2v) is 7.78. The van der Waals surface area contributed by atoms with Gasteiger partial charge in [-0.1, -0.05) is 42.5 Å². The van der Waals surface area contributed by atoms with Crippen LogP contribution in [0.25, 0.3) is 0 Å². The van der Waals surface area contributed by atoms with Gasteiger partial charge in [-0.05, 0) is 42.9 Å². The van der Waals surface area contributed by atoms with Crippen LogP contribution in [-0.2, 0) is 16.0 Å². The highest BCUT2D eigenvalue weighted by atomic mass is 16.2. The number of likely N-dealkylation sites (tertiary alicyclic amines) is 1. The summed E-state index contributed by atoms with van der Waals surface area (Å²) < 4.78 is 0. The summed E-state index contributed by atoms with van der Waals surface area (Å²) in [7, 11) is 0. The number of piperidine rings is 1. The second kappa shape index (κ2) is 8.47. The van der Waals surface area contributed by atoms with Gasteiger partial charge in [-0.15, -0.1) is 0 Å². The van der Waals surface area contributed by atoms with E-state index in [1.165, 1.54) is 5.56 Å². The Morgan fingerprint density at radius 1 is 0.966 bits per heavy atom. The van der Waals surface area contributed by atoms with Crippen molar-refractivity contribution in [1.29, 1.82) is 0 Å². The quantitative estimate of drug-likeness (QED) is 0.841. The van der Waals surface area contributed by atoms with Gasteiger partial charge in [0.1, 0.15) is 6.04 Å². The van der Waals surface area contributed by atoms with Crippen molar-refractivity contribution in [1.82, 2.24) is 10.2 Å². The molecule has 2 N–H and O–H groups in total. The molecule has 0 aliphatic carbocycles. The molecule has 2 aromatic carbocycles. The molecular weight excluding hydrogens is 366 g/mol. The molecule has 1 fully saturated rings. The molecule has 1 saturated heterocycles. The van der Waals surface area contributed by atoms with Gasteiger partial charge in [-0.25, -0.2) is 0 Å². The van der Waals surface area contributed by atoms with E-state index in [1.54, 1.807) is 24.3 Å². The number of para-hydroxylation sites is 1. The lowest BCUT2D eigenvalue weighted by molar-refractivity contribution is -0.135. The van der Waals surface area contributed by atoms with E-state index in [1.807, 2.05) is 11.0 Å². The maximum atomic E-state index is 12.8. The maximum absolute atomic E-state index is 12.8. The zero-order chi connectivity index (χ0) is 20.2. The Balaban J connectivity index is 1.32. The number of hydrogen-bond acceptors (Lipinski definition) is 3. The minimum atomic E-state index is -0.857. The first-order chi connectivity index (χ1) is 14.1. The van der Waals surface area contributed by atoms with E-state index < -0.39 is 6.04 Å². The number of fused-ring (bicyclic) bond motifs is 1. The smallest absolute Gasteiger partial charge is 0.254 e. The van der Waals surface area contributed by atoms with E-state index in [0.29, 0.717) is 30.3 Å². The van der Waals surface area contributed by atoms with Crippen molar-refractivity contribution in [3.05, 3.63) is 65.7 Å². The third-order valence-corrected chi connectivity index (χ3v) is 5.76. The van der Waals surface area contributed by atoms with Crippen LogP contribution < -0.4 is 10.6 Å². The second-order valence-electron chi connectivity index (χ2n) is 7.78. The zero-order valence-electron chi connectivity index (χ0n) is 16.3. The summed E-state index contributed by atoms with van der Waals surface area (Å²) >= 11 is 0. The molecule has 2 aliphatic heterocycles. The molecule has 0 saturated carbocycles. The molecule has 0 radical (unpaired) electrons. The monoisotopic (exact) mass is 391 g/mol. The van der Waals surface area contributed by atoms with Crippen molar-refractivity contribution in [2.24, 2.45) is 5.92 Å². The van der Waals surface area contributed by atoms with E-state index >= 15 is 0 Å². The Bertz CT molecular complexity index is 905. The molecule has 2 aliphatic rings. The molecule has 6 nitrogen and oxygen atoms in total. The van der Waals surface area contributed by atoms with Crippen LogP contribution in [0.3, 0.4) is 0 Å². The molecule has 2 heterocycles. The highest BCUT2D eigenvalue weighted by molar-refractivity contribution is 6.10. The lowest BCUT2D eigenvalue weighted by Crippen LogP contribution is -2.47. The molecule has 0 aromatic heterocycles. The van der Waals surface area contributed by atoms with Gasteiger partial charge in [0.05, 0.1) is 17.7 Å². The SMILES string of the molecule is O=C1N[C@@H](CC(=O)N2CCC(Cc3ccccc3)CC2)C(=O)Nc2ccccc21. The number of carbonyl (C=O) groups excluding carboxylic acids is 3. The van der Waals surface area contributed by atoms with Gasteiger partial charge in [-0.3, -0.25) is 14.4 Å². The molecule has 0 bridgehead atoms. The summed E-state index contributed by atoms with van der Waals surface area (Å²) in [6.45, 7) is 1.39. The number of nitrogens with zero attached hydrogens (tertiary/aromatic N) is 1. The number of carbonyl (C=O) groups is 3. The topological polar surface area (TPSA) is 78.5 Å². The summed E-state index contributed by atoms with van der Waals surface area (Å²) in [5.74, 6) is -0.208. The van der Waals surface area contributed by atoms with E-state index in [2.05, 4.69) is 34.9 Å². The average molecular weight is 391 g/mol. The summed E-state index contributed by atoms with van der Waals surface area (Å²) in [4.78, 5) is 39.5. The number of anilines is 1. The highest BCUT2D eigenvalue weighted by Gasteiger charge is 2.32. The van der Waals surface area contributed by atoms with Gasteiger partial charge >= 0.3 is 0 Å². The van der Waals surface area contributed by atoms with Gasteiger partial charge in [0.15, 0.2) is 0 Å². The van der Waals surface area contributed by atoms with Crippen LogP contribution in [-0.4, -0.2) is 41.8 Å². The van der Waals surface area contributed by atoms with Crippen molar-refractivity contribution in [2.75, 3.05) is 18.4 Å². The molecular formula is C23H25N3O3. The van der Waals surface area contributed by atoms with Crippen LogP contribution >= 0.6 is 0 Å². The third kappa shape index (κ3) is 4.47. The normalized spacial score (nSPS) is 19.7. The van der Waals surface area contributed by atoms with Crippen LogP contribution in [0.1, 0.15) is 35.2 Å². The third-order valence-electron chi connectivity index (χ3n) is 5.76. The van der Waals surface area contributed by atoms with E-state index in [9.17, 15) is 14.4 Å². The van der Waals surface area contributed by atoms with E-state index in [4.69, 9.17) is 0 Å². The number of rotatable bonds is 4. The highest BCUT2D eigenvalue weighted by Crippen LogP contribution is 2.23. The Labute approximate surface area is 170 Å². The predicted molar refractivity (Wildman–Crippen MR) is 110 cm³/mol. The van der Waals surface area contributed by atoms with Gasteiger partial charge in [-0.2, -0.15) is 0 Å². The summed E-state index contributed by atoms with van der Waals surface area (Å²) in [6.07, 6.45) is 2.92. The van der Waals surface area contributed by atoms with Gasteiger partial charge < -0.3 is 15.5 Å². The molecule has 4 rings (SSSR count). The van der Waals surface area contributed by atoms with E-state index in [-0.39, 0.29) is 24.1 Å². The predicted octanol–water partition coefficient (Wildman–Crippen LogP) is 2.61. The first-order valence-electron chi connectivity index (χ1n) is 10.1. The number of benzene rings is 2. The van der Waals surface area contributed by atoms with Gasteiger partial charge in [0.25, 0.3) is 5.91 Å². The summed E-state index contributed by atoms with van der Waals surface area (Å²) in [5.41, 5.74) is 2.22. The lowest BCUT2D eigenvalue weighted by atomic mass is 9.90. The minimum Gasteiger partial charge on any atom is -0.343 e. The van der Waals surface area contributed by atoms with Crippen LogP contribution in [0.2, 0.25) is 0 Å². The van der Waals surface area contributed by atoms with Crippen LogP contribution in [0.5, 0.6) is 0 Å². The molecule has 1 atom stereocenters. The number of hydrogen-bond donors (Lipinski definition) is 2. The fourth-order valence-electron chi connectivity index (χ4n) is 4.09. The Hall–Kier alpha value is -3.15. The Kier molecular flexibility index (Phi) is 5.60. The fourth-order valence-corrected chi connectivity index (χ4v) is 4.09. The number of amides is 3. The molecule has 0 unspecified atom stereocenters. The van der Waals surface area contributed by atoms with Gasteiger partial charge in [0, 0.05) is 13.1 Å². The molecule has 150 valence electrons. The first kappa shape index (κ1) is 19.2. The van der Waals surface area contributed by atoms with E-state index in [0.717, 1.165) is 19.3 Å². The largest absolute Gasteiger partial charge is 0.343 e. The number of nitrogens with one attached hydrogen (secondary N) is 2. The van der Waals surface area contributed by atoms with Crippen molar-refractivity contribution in [3.8, 4) is 0 Å². The maximum Gasteiger partial charge on any atom is 0.254 e. The fraction of sp³-hybridized carbons (Fsp3) is 0.348. The van der Waals surface area contributed by atoms with Gasteiger partial charge in [0.2, 0.25) is 11.8 Å². The molecule has 3 amide bonds. The van der Waals surface area contributed by atoms with Crippen molar-refractivity contribution < 1.29 is 14.4 Å². The molecule has 0 spiro atoms. The van der Waals surface area contributed by atoms with Crippen molar-refractivity contribution >= 4 is 23.4 Å². The van der Waals surface area contributed by atoms with Crippen molar-refractivity contribution in [2.45, 2.75) is 31.7 Å². The lowest BCUT2D eigenvalue weighted by Gasteiger charge is -2.33. The standard InChI is InChI=1S/C23H25N3O3/c27-21(26-12-10-17(11-13-26)14-16-6-2-1-3-7-16)15-20-23(29)24-19-9-5-4-8-18(19)22(28)25-20/h1-9,17,20H,10-15H2,(H,24,29)(H,25,28)/t20-/m0/s1. The molecule has 29 heavy (non-hydrogen) atoms. The zero-order valence-corrected chi connectivity index (χ0v) is 16.3. The van der Waals surface area contributed by atoms with Crippen molar-refractivity contribution in [3.63, 3.8) is 0 Å². The molecule has 2 aromatic rings. The molecule has 6 heteroatoms. The van der Waals surface area contributed by atoms with Crippen LogP contribution in [0.15, 0.2) is 54.6 Å². The Morgan fingerprint density at radius 3 is 2.41 bits per heavy atom. The average Bonchev–Trinajstić information content (AvgIpc) is 2.85. The summed E-state index contributed by atoms with van der Waals surface area (Å²) in [5, 5.41) is 5.45. The Morgan fingerprint density at radius 2 is 1.66 bits per heavy atom.